The maximum absolute atomic E-state index is 13.3. The lowest BCUT2D eigenvalue weighted by molar-refractivity contribution is 0.114. The van der Waals surface area contributed by atoms with Gasteiger partial charge in [0.25, 0.3) is 0 Å². The van der Waals surface area contributed by atoms with E-state index in [-0.39, 0.29) is 6.10 Å². The van der Waals surface area contributed by atoms with E-state index in [2.05, 4.69) is 0 Å². The molecule has 0 radical (unpaired) electrons. The van der Waals surface area contributed by atoms with Crippen LogP contribution in [0.5, 0.6) is 0 Å². The number of ether oxygens (including phenoxy) is 1. The molecule has 1 rings (SSSR count). The Morgan fingerprint density at radius 2 is 1.39 bits per heavy atom. The van der Waals surface area contributed by atoms with E-state index in [0.29, 0.717) is 5.69 Å². The van der Waals surface area contributed by atoms with Crippen molar-refractivity contribution in [3.63, 3.8) is 0 Å². The molecule has 23 heavy (non-hydrogen) atoms. The molecule has 0 atom stereocenters. The van der Waals surface area contributed by atoms with Gasteiger partial charge in [-0.3, -0.25) is 9.05 Å². The zero-order chi connectivity index (χ0) is 17.6. The highest BCUT2D eigenvalue weighted by atomic mass is 31.2. The van der Waals surface area contributed by atoms with Gasteiger partial charge in [-0.1, -0.05) is 18.2 Å². The molecule has 1 aromatic carbocycles. The van der Waals surface area contributed by atoms with E-state index in [9.17, 15) is 9.36 Å². The first-order valence-electron chi connectivity index (χ1n) is 7.69. The average Bonchev–Trinajstić information content (AvgIpc) is 2.36. The lowest BCUT2D eigenvalue weighted by Crippen LogP contribution is -2.33. The molecule has 0 aliphatic carbocycles. The number of carbonyl (C=O) groups excluding carboxylic acids is 1. The molecule has 0 saturated heterocycles. The van der Waals surface area contributed by atoms with E-state index in [0.717, 1.165) is 4.67 Å². The molecule has 7 heteroatoms. The maximum Gasteiger partial charge on any atom is 0.445 e. The van der Waals surface area contributed by atoms with Crippen LogP contribution in [0.1, 0.15) is 41.5 Å². The monoisotopic (exact) mass is 343 g/mol. The molecule has 0 aromatic heterocycles. The molecular formula is C16H26NO5P. The molecule has 1 amide bonds. The predicted octanol–water partition coefficient (Wildman–Crippen LogP) is 5.00. The van der Waals surface area contributed by atoms with Gasteiger partial charge in [-0.05, 0) is 53.7 Å². The van der Waals surface area contributed by atoms with Crippen molar-refractivity contribution < 1.29 is 23.1 Å². The standard InChI is InChI=1S/C16H26NO5P/c1-12(2)20-16(18)17(15-10-8-7-9-11-15)23(19,21-13(3)4)22-14(5)6/h7-14H,1-6H3. The topological polar surface area (TPSA) is 65.1 Å². The van der Waals surface area contributed by atoms with Gasteiger partial charge in [-0.15, -0.1) is 0 Å². The van der Waals surface area contributed by atoms with Crippen LogP contribution in [0.25, 0.3) is 0 Å². The Hall–Kier alpha value is -1.36. The van der Waals surface area contributed by atoms with Crippen molar-refractivity contribution in [2.75, 3.05) is 4.67 Å². The van der Waals surface area contributed by atoms with Gasteiger partial charge < -0.3 is 4.74 Å². The Balaban J connectivity index is 3.33. The summed E-state index contributed by atoms with van der Waals surface area (Å²) >= 11 is 0. The molecule has 130 valence electrons. The number of hydrogen-bond acceptors (Lipinski definition) is 5. The van der Waals surface area contributed by atoms with Crippen LogP contribution in [0.2, 0.25) is 0 Å². The van der Waals surface area contributed by atoms with Crippen LogP contribution in [0, 0.1) is 0 Å². The molecule has 0 spiro atoms. The summed E-state index contributed by atoms with van der Waals surface area (Å²) in [6.45, 7) is 10.4. The fourth-order valence-corrected chi connectivity index (χ4v) is 3.79. The van der Waals surface area contributed by atoms with Crippen LogP contribution < -0.4 is 4.67 Å². The van der Waals surface area contributed by atoms with Crippen molar-refractivity contribution in [3.05, 3.63) is 30.3 Å². The lowest BCUT2D eigenvalue weighted by Gasteiger charge is -2.32. The van der Waals surface area contributed by atoms with E-state index in [1.807, 2.05) is 0 Å². The highest BCUT2D eigenvalue weighted by molar-refractivity contribution is 7.56. The molecular weight excluding hydrogens is 317 g/mol. The quantitative estimate of drug-likeness (QED) is 0.652. The summed E-state index contributed by atoms with van der Waals surface area (Å²) in [5.41, 5.74) is 0.391. The Kier molecular flexibility index (Phi) is 7.26. The molecule has 6 nitrogen and oxygen atoms in total. The number of para-hydroxylation sites is 1. The minimum Gasteiger partial charge on any atom is -0.446 e. The van der Waals surface area contributed by atoms with Gasteiger partial charge >= 0.3 is 13.8 Å². The highest BCUT2D eigenvalue weighted by Gasteiger charge is 2.42. The van der Waals surface area contributed by atoms with Crippen LogP contribution in [-0.4, -0.2) is 24.4 Å². The van der Waals surface area contributed by atoms with Crippen molar-refractivity contribution in [2.24, 2.45) is 0 Å². The number of carbonyl (C=O) groups is 1. The van der Waals surface area contributed by atoms with Crippen molar-refractivity contribution >= 4 is 19.5 Å². The summed E-state index contributed by atoms with van der Waals surface area (Å²) in [6.07, 6.45) is -1.91. The van der Waals surface area contributed by atoms with E-state index in [1.54, 1.807) is 71.9 Å². The molecule has 0 fully saturated rings. The SMILES string of the molecule is CC(C)OC(=O)N(c1ccccc1)P(=O)(OC(C)C)OC(C)C. The molecule has 0 N–H and O–H groups in total. The average molecular weight is 343 g/mol. The first kappa shape index (κ1) is 19.7. The summed E-state index contributed by atoms with van der Waals surface area (Å²) in [7, 11) is -3.92. The molecule has 0 heterocycles. The highest BCUT2D eigenvalue weighted by Crippen LogP contribution is 2.56. The van der Waals surface area contributed by atoms with E-state index in [1.165, 1.54) is 0 Å². The Labute approximate surface area is 138 Å². The van der Waals surface area contributed by atoms with Gasteiger partial charge in [0.15, 0.2) is 0 Å². The van der Waals surface area contributed by atoms with Crippen molar-refractivity contribution in [1.29, 1.82) is 0 Å². The third kappa shape index (κ3) is 5.98. The number of rotatable bonds is 7. The number of amides is 1. The van der Waals surface area contributed by atoms with Crippen LogP contribution in [0.4, 0.5) is 10.5 Å². The molecule has 0 bridgehead atoms. The van der Waals surface area contributed by atoms with Crippen molar-refractivity contribution in [2.45, 2.75) is 59.9 Å². The van der Waals surface area contributed by atoms with E-state index < -0.39 is 26.0 Å². The van der Waals surface area contributed by atoms with Gasteiger partial charge in [0.1, 0.15) is 0 Å². The van der Waals surface area contributed by atoms with Gasteiger partial charge in [0.05, 0.1) is 24.0 Å². The maximum atomic E-state index is 13.3. The van der Waals surface area contributed by atoms with Gasteiger partial charge in [-0.2, -0.15) is 4.67 Å². The summed E-state index contributed by atoms with van der Waals surface area (Å²) in [6, 6.07) is 8.58. The second-order valence-electron chi connectivity index (χ2n) is 5.86. The summed E-state index contributed by atoms with van der Waals surface area (Å²) in [5.74, 6) is 0. The van der Waals surface area contributed by atoms with Crippen LogP contribution in [-0.2, 0) is 18.3 Å². The third-order valence-corrected chi connectivity index (χ3v) is 4.70. The predicted molar refractivity (Wildman–Crippen MR) is 90.6 cm³/mol. The Bertz CT molecular complexity index is 531. The van der Waals surface area contributed by atoms with Crippen LogP contribution in [0.15, 0.2) is 30.3 Å². The first-order valence-corrected chi connectivity index (χ1v) is 9.18. The summed E-state index contributed by atoms with van der Waals surface area (Å²) in [5, 5.41) is 0. The second-order valence-corrected chi connectivity index (χ2v) is 7.62. The Morgan fingerprint density at radius 1 is 0.913 bits per heavy atom. The molecule has 0 unspecified atom stereocenters. The molecule has 0 aliphatic heterocycles. The van der Waals surface area contributed by atoms with Crippen LogP contribution >= 0.6 is 7.75 Å². The van der Waals surface area contributed by atoms with E-state index in [4.69, 9.17) is 13.8 Å². The van der Waals surface area contributed by atoms with E-state index >= 15 is 0 Å². The second kappa shape index (κ2) is 8.48. The normalized spacial score (nSPS) is 12.0. The molecule has 1 aromatic rings. The summed E-state index contributed by atoms with van der Waals surface area (Å²) in [4.78, 5) is 12.5. The van der Waals surface area contributed by atoms with Gasteiger partial charge in [-0.25, -0.2) is 9.36 Å². The third-order valence-electron chi connectivity index (χ3n) is 2.44. The minimum absolute atomic E-state index is 0.361. The summed E-state index contributed by atoms with van der Waals surface area (Å²) < 4.78 is 30.6. The van der Waals surface area contributed by atoms with Gasteiger partial charge in [0, 0.05) is 0 Å². The largest absolute Gasteiger partial charge is 0.446 e. The Morgan fingerprint density at radius 3 is 1.78 bits per heavy atom. The lowest BCUT2D eigenvalue weighted by atomic mass is 10.3. The van der Waals surface area contributed by atoms with Crippen molar-refractivity contribution in [3.8, 4) is 0 Å². The number of benzene rings is 1. The first-order chi connectivity index (χ1) is 10.7. The molecule has 0 saturated carbocycles. The zero-order valence-corrected chi connectivity index (χ0v) is 15.4. The number of anilines is 1. The zero-order valence-electron chi connectivity index (χ0n) is 14.6. The van der Waals surface area contributed by atoms with Gasteiger partial charge in [0.2, 0.25) is 0 Å². The number of nitrogens with zero attached hydrogens (tertiary/aromatic N) is 1. The fraction of sp³-hybridized carbons (Fsp3) is 0.562. The number of hydrogen-bond donors (Lipinski definition) is 0. The minimum atomic E-state index is -3.92. The fourth-order valence-electron chi connectivity index (χ4n) is 1.82. The molecule has 0 aliphatic rings. The van der Waals surface area contributed by atoms with Crippen LogP contribution in [0.3, 0.4) is 0 Å². The van der Waals surface area contributed by atoms with Crippen molar-refractivity contribution in [1.82, 2.24) is 0 Å². The smallest absolute Gasteiger partial charge is 0.445 e.